The van der Waals surface area contributed by atoms with Crippen molar-refractivity contribution in [1.82, 2.24) is 4.90 Å². The summed E-state index contributed by atoms with van der Waals surface area (Å²) in [5, 5.41) is 20.3. The van der Waals surface area contributed by atoms with E-state index < -0.39 is 0 Å². The maximum Gasteiger partial charge on any atom is 0.157 e. The van der Waals surface area contributed by atoms with Gasteiger partial charge < -0.3 is 14.9 Å². The minimum absolute atomic E-state index is 0.0511. The Morgan fingerprint density at radius 1 is 0.893 bits per heavy atom. The monoisotopic (exact) mass is 373 g/mol. The zero-order valence-electron chi connectivity index (χ0n) is 15.8. The molecule has 3 aromatic carbocycles. The minimum Gasteiger partial charge on any atom is -0.504 e. The molecule has 2 atom stereocenters. The number of hydrogen-bond donors (Lipinski definition) is 2. The maximum absolute atomic E-state index is 10.2. The predicted molar refractivity (Wildman–Crippen MR) is 108 cm³/mol. The van der Waals surface area contributed by atoms with Crippen molar-refractivity contribution in [3.05, 3.63) is 88.5 Å². The number of fused-ring (bicyclic) bond motifs is 4. The van der Waals surface area contributed by atoms with Crippen LogP contribution in [0.15, 0.2) is 60.7 Å². The van der Waals surface area contributed by atoms with Crippen molar-refractivity contribution in [3.63, 3.8) is 0 Å². The average Bonchev–Trinajstić information content (AvgIpc) is 2.73. The standard InChI is InChI=1S/C24H23NO3/c1-28-18-7-8-19-16(11-18)9-10-25-21(19)12-17-13-22(26)23(27)14-20(17)24(25)15-5-3-2-4-6-15/h2-8,11,13-14,21,24,26-27H,9-10,12H2,1H3/t21-,24+/m0/s1. The summed E-state index contributed by atoms with van der Waals surface area (Å²) in [6.07, 6.45) is 1.78. The van der Waals surface area contributed by atoms with Crippen LogP contribution in [0.1, 0.15) is 39.9 Å². The average molecular weight is 373 g/mol. The van der Waals surface area contributed by atoms with Gasteiger partial charge in [0.1, 0.15) is 5.75 Å². The van der Waals surface area contributed by atoms with Crippen LogP contribution in [0.25, 0.3) is 0 Å². The highest BCUT2D eigenvalue weighted by Crippen LogP contribution is 2.48. The summed E-state index contributed by atoms with van der Waals surface area (Å²) in [4.78, 5) is 2.53. The van der Waals surface area contributed by atoms with Crippen LogP contribution in [0.4, 0.5) is 0 Å². The number of rotatable bonds is 2. The highest BCUT2D eigenvalue weighted by atomic mass is 16.5. The molecule has 4 heteroatoms. The number of benzene rings is 3. The van der Waals surface area contributed by atoms with Crippen molar-refractivity contribution in [1.29, 1.82) is 0 Å². The van der Waals surface area contributed by atoms with Crippen molar-refractivity contribution in [2.24, 2.45) is 0 Å². The van der Waals surface area contributed by atoms with Crippen LogP contribution in [-0.2, 0) is 12.8 Å². The molecule has 0 unspecified atom stereocenters. The molecule has 0 amide bonds. The van der Waals surface area contributed by atoms with Crippen LogP contribution in [0.3, 0.4) is 0 Å². The van der Waals surface area contributed by atoms with Crippen molar-refractivity contribution in [2.75, 3.05) is 13.7 Å². The SMILES string of the molecule is COc1ccc2c(c1)CCN1[C@H](c3ccccc3)c3cc(O)c(O)cc3C[C@@H]21. The quantitative estimate of drug-likeness (QED) is 0.656. The van der Waals surface area contributed by atoms with Crippen LogP contribution in [0.2, 0.25) is 0 Å². The molecule has 0 fully saturated rings. The molecule has 0 spiro atoms. The second-order valence-corrected chi connectivity index (χ2v) is 7.63. The molecule has 2 aliphatic heterocycles. The Morgan fingerprint density at radius 2 is 1.68 bits per heavy atom. The molecule has 0 saturated carbocycles. The van der Waals surface area contributed by atoms with Gasteiger partial charge in [-0.15, -0.1) is 0 Å². The minimum atomic E-state index is -0.0553. The third-order valence-electron chi connectivity index (χ3n) is 6.14. The number of methoxy groups -OCH3 is 1. The van der Waals surface area contributed by atoms with E-state index in [9.17, 15) is 10.2 Å². The van der Waals surface area contributed by atoms with Gasteiger partial charge in [0.15, 0.2) is 11.5 Å². The lowest BCUT2D eigenvalue weighted by molar-refractivity contribution is 0.128. The van der Waals surface area contributed by atoms with Gasteiger partial charge in [-0.3, -0.25) is 4.90 Å². The van der Waals surface area contributed by atoms with E-state index >= 15 is 0 Å². The van der Waals surface area contributed by atoms with Crippen LogP contribution < -0.4 is 4.74 Å². The molecule has 0 aliphatic carbocycles. The van der Waals surface area contributed by atoms with E-state index in [2.05, 4.69) is 41.3 Å². The van der Waals surface area contributed by atoms with Gasteiger partial charge in [-0.05, 0) is 64.9 Å². The number of hydrogen-bond acceptors (Lipinski definition) is 4. The van der Waals surface area contributed by atoms with Gasteiger partial charge in [0.05, 0.1) is 13.2 Å². The van der Waals surface area contributed by atoms with E-state index in [1.807, 2.05) is 12.1 Å². The third kappa shape index (κ3) is 2.64. The Hall–Kier alpha value is -2.98. The van der Waals surface area contributed by atoms with Gasteiger partial charge in [-0.25, -0.2) is 0 Å². The summed E-state index contributed by atoms with van der Waals surface area (Å²) in [6, 6.07) is 20.5. The lowest BCUT2D eigenvalue weighted by Gasteiger charge is -2.47. The van der Waals surface area contributed by atoms with Crippen molar-refractivity contribution in [3.8, 4) is 17.2 Å². The van der Waals surface area contributed by atoms with Crippen LogP contribution in [0, 0.1) is 0 Å². The molecule has 2 aliphatic rings. The van der Waals surface area contributed by atoms with E-state index in [0.717, 1.165) is 36.3 Å². The first-order valence-electron chi connectivity index (χ1n) is 9.68. The van der Waals surface area contributed by atoms with Crippen molar-refractivity contribution in [2.45, 2.75) is 24.9 Å². The zero-order valence-corrected chi connectivity index (χ0v) is 15.8. The largest absolute Gasteiger partial charge is 0.504 e. The molecule has 0 saturated heterocycles. The molecule has 2 N–H and O–H groups in total. The summed E-state index contributed by atoms with van der Waals surface area (Å²) < 4.78 is 5.42. The van der Waals surface area contributed by atoms with Gasteiger partial charge in [0.25, 0.3) is 0 Å². The van der Waals surface area contributed by atoms with Gasteiger partial charge in [-0.2, -0.15) is 0 Å². The fourth-order valence-corrected chi connectivity index (χ4v) is 4.83. The molecule has 2 heterocycles. The lowest BCUT2D eigenvalue weighted by Crippen LogP contribution is -2.43. The molecule has 0 bridgehead atoms. The number of ether oxygens (including phenoxy) is 1. The van der Waals surface area contributed by atoms with Crippen LogP contribution >= 0.6 is 0 Å². The number of phenolic OH excluding ortho intramolecular Hbond substituents is 2. The molecule has 142 valence electrons. The Balaban J connectivity index is 1.68. The Morgan fingerprint density at radius 3 is 2.46 bits per heavy atom. The summed E-state index contributed by atoms with van der Waals surface area (Å²) in [5.74, 6) is 0.788. The Labute approximate surface area is 164 Å². The molecule has 0 aromatic heterocycles. The zero-order chi connectivity index (χ0) is 19.3. The van der Waals surface area contributed by atoms with Crippen molar-refractivity contribution < 1.29 is 14.9 Å². The molecule has 5 rings (SSSR count). The third-order valence-corrected chi connectivity index (χ3v) is 6.14. The van der Waals surface area contributed by atoms with Gasteiger partial charge in [-0.1, -0.05) is 36.4 Å². The summed E-state index contributed by atoms with van der Waals surface area (Å²) in [6.45, 7) is 0.936. The molecular formula is C24H23NO3. The number of aromatic hydroxyl groups is 2. The van der Waals surface area contributed by atoms with Crippen LogP contribution in [-0.4, -0.2) is 28.8 Å². The second kappa shape index (κ2) is 6.57. The topological polar surface area (TPSA) is 52.9 Å². The van der Waals surface area contributed by atoms with Gasteiger partial charge in [0, 0.05) is 12.6 Å². The van der Waals surface area contributed by atoms with E-state index in [4.69, 9.17) is 4.74 Å². The molecule has 4 nitrogen and oxygen atoms in total. The first-order chi connectivity index (χ1) is 13.7. The fraction of sp³-hybridized carbons (Fsp3) is 0.250. The van der Waals surface area contributed by atoms with E-state index in [0.29, 0.717) is 0 Å². The molecule has 3 aromatic rings. The lowest BCUT2D eigenvalue weighted by atomic mass is 9.78. The summed E-state index contributed by atoms with van der Waals surface area (Å²) in [5.41, 5.74) is 6.03. The Bertz CT molecular complexity index is 1030. The summed E-state index contributed by atoms with van der Waals surface area (Å²) >= 11 is 0. The molecular weight excluding hydrogens is 350 g/mol. The molecule has 0 radical (unpaired) electrons. The number of phenols is 2. The maximum atomic E-state index is 10.2. The Kier molecular flexibility index (Phi) is 4.02. The van der Waals surface area contributed by atoms with Gasteiger partial charge >= 0.3 is 0 Å². The first-order valence-corrected chi connectivity index (χ1v) is 9.68. The van der Waals surface area contributed by atoms with E-state index in [1.54, 1.807) is 19.2 Å². The van der Waals surface area contributed by atoms with Crippen molar-refractivity contribution >= 4 is 0 Å². The fourth-order valence-electron chi connectivity index (χ4n) is 4.83. The van der Waals surface area contributed by atoms with E-state index in [1.165, 1.54) is 16.7 Å². The molecule has 28 heavy (non-hydrogen) atoms. The van der Waals surface area contributed by atoms with E-state index in [-0.39, 0.29) is 23.6 Å². The van der Waals surface area contributed by atoms with Gasteiger partial charge in [0.2, 0.25) is 0 Å². The normalized spacial score (nSPS) is 20.8. The summed E-state index contributed by atoms with van der Waals surface area (Å²) in [7, 11) is 1.70. The first kappa shape index (κ1) is 17.1. The predicted octanol–water partition coefficient (Wildman–Crippen LogP) is 4.35. The number of nitrogens with zero attached hydrogens (tertiary/aromatic N) is 1. The smallest absolute Gasteiger partial charge is 0.157 e. The highest BCUT2D eigenvalue weighted by molar-refractivity contribution is 5.52. The van der Waals surface area contributed by atoms with Crippen LogP contribution in [0.5, 0.6) is 17.2 Å². The highest BCUT2D eigenvalue weighted by Gasteiger charge is 2.39. The second-order valence-electron chi connectivity index (χ2n) is 7.63.